The second-order valence-electron chi connectivity index (χ2n) is 6.45. The van der Waals surface area contributed by atoms with E-state index in [9.17, 15) is 9.59 Å². The smallest absolute Gasteiger partial charge is 0.378 e. The standard InChI is InChI=1S/C19H21N3O4/c1-13(23)20-19(2)18(24)26-25-17-11-9-16(10-12-17)22(19)15-7-5-14(6-8-15)21(3)4/h5-12H,1-4H3,(H,20,23)/t19-/m1/s1. The first-order valence-electron chi connectivity index (χ1n) is 8.16. The van der Waals surface area contributed by atoms with Gasteiger partial charge in [0, 0.05) is 38.1 Å². The summed E-state index contributed by atoms with van der Waals surface area (Å²) in [5.74, 6) is -0.696. The molecule has 0 fully saturated rings. The first-order valence-corrected chi connectivity index (χ1v) is 8.16. The molecule has 26 heavy (non-hydrogen) atoms. The van der Waals surface area contributed by atoms with Gasteiger partial charge in [-0.15, -0.1) is 0 Å². The number of rotatable bonds is 3. The van der Waals surface area contributed by atoms with Gasteiger partial charge in [-0.1, -0.05) is 0 Å². The van der Waals surface area contributed by atoms with Crippen LogP contribution in [0.4, 0.5) is 17.1 Å². The average Bonchev–Trinajstić information content (AvgIpc) is 2.67. The molecule has 2 heterocycles. The zero-order valence-electron chi connectivity index (χ0n) is 15.1. The van der Waals surface area contributed by atoms with Gasteiger partial charge in [0.2, 0.25) is 11.6 Å². The zero-order valence-corrected chi connectivity index (χ0v) is 15.1. The van der Waals surface area contributed by atoms with Gasteiger partial charge in [-0.2, -0.15) is 0 Å². The molecule has 0 spiro atoms. The van der Waals surface area contributed by atoms with Crippen molar-refractivity contribution in [2.24, 2.45) is 0 Å². The monoisotopic (exact) mass is 355 g/mol. The second-order valence-corrected chi connectivity index (χ2v) is 6.45. The number of benzene rings is 2. The molecule has 0 saturated carbocycles. The lowest BCUT2D eigenvalue weighted by Crippen LogP contribution is -2.62. The largest absolute Gasteiger partial charge is 0.401 e. The molecular weight excluding hydrogens is 334 g/mol. The first-order chi connectivity index (χ1) is 12.3. The normalized spacial score (nSPS) is 18.9. The highest BCUT2D eigenvalue weighted by molar-refractivity contribution is 5.92. The van der Waals surface area contributed by atoms with Crippen molar-refractivity contribution < 1.29 is 19.4 Å². The highest BCUT2D eigenvalue weighted by Gasteiger charge is 2.45. The molecule has 1 atom stereocenters. The van der Waals surface area contributed by atoms with E-state index < -0.39 is 11.6 Å². The van der Waals surface area contributed by atoms with Gasteiger partial charge in [0.15, 0.2) is 5.75 Å². The van der Waals surface area contributed by atoms with Gasteiger partial charge in [0.05, 0.1) is 0 Å². The molecule has 7 nitrogen and oxygen atoms in total. The molecule has 0 unspecified atom stereocenters. The van der Waals surface area contributed by atoms with Crippen LogP contribution in [0, 0.1) is 0 Å². The lowest BCUT2D eigenvalue weighted by molar-refractivity contribution is -0.220. The average molecular weight is 355 g/mol. The van der Waals surface area contributed by atoms with E-state index in [1.807, 2.05) is 43.3 Å². The van der Waals surface area contributed by atoms with E-state index in [0.717, 1.165) is 11.4 Å². The van der Waals surface area contributed by atoms with Crippen molar-refractivity contribution >= 4 is 28.9 Å². The van der Waals surface area contributed by atoms with E-state index in [4.69, 9.17) is 9.78 Å². The molecule has 4 rings (SSSR count). The Morgan fingerprint density at radius 1 is 1.00 bits per heavy atom. The fraction of sp³-hybridized carbons (Fsp3) is 0.263. The number of amides is 1. The van der Waals surface area contributed by atoms with Crippen LogP contribution in [-0.2, 0) is 14.5 Å². The summed E-state index contributed by atoms with van der Waals surface area (Å²) in [6.07, 6.45) is 0. The van der Waals surface area contributed by atoms with E-state index in [2.05, 4.69) is 5.32 Å². The summed E-state index contributed by atoms with van der Waals surface area (Å²) >= 11 is 0. The van der Waals surface area contributed by atoms with Crippen molar-refractivity contribution in [2.75, 3.05) is 23.9 Å². The number of nitrogens with one attached hydrogen (secondary N) is 1. The minimum Gasteiger partial charge on any atom is -0.378 e. The maximum atomic E-state index is 12.8. The number of nitrogens with zero attached hydrogens (tertiary/aromatic N) is 2. The Kier molecular flexibility index (Phi) is 4.46. The molecule has 2 aliphatic rings. The van der Waals surface area contributed by atoms with E-state index in [1.165, 1.54) is 6.92 Å². The quantitative estimate of drug-likeness (QED) is 0.854. The number of hydrogen-bond donors (Lipinski definition) is 1. The zero-order chi connectivity index (χ0) is 18.9. The Balaban J connectivity index is 2.16. The lowest BCUT2D eigenvalue weighted by Gasteiger charge is -2.39. The first kappa shape index (κ1) is 17.6. The molecule has 136 valence electrons. The van der Waals surface area contributed by atoms with Crippen molar-refractivity contribution in [1.82, 2.24) is 5.32 Å². The molecule has 1 N–H and O–H groups in total. The minimum absolute atomic E-state index is 0.366. The van der Waals surface area contributed by atoms with Crippen LogP contribution in [0.5, 0.6) is 5.75 Å². The fourth-order valence-electron chi connectivity index (χ4n) is 2.92. The Hall–Kier alpha value is -3.22. The SMILES string of the molecule is CC(=O)N[C@@]1(C)C(=O)OOc2ccc(cc2)N1c1ccc(N(C)C)cc1. The Morgan fingerprint density at radius 3 is 2.04 bits per heavy atom. The third-order valence-electron chi connectivity index (χ3n) is 4.20. The Labute approximate surface area is 152 Å². The molecular formula is C19H21N3O4. The van der Waals surface area contributed by atoms with Crippen LogP contribution in [0.25, 0.3) is 0 Å². The van der Waals surface area contributed by atoms with Gasteiger partial charge in [0.1, 0.15) is 0 Å². The van der Waals surface area contributed by atoms with Crippen molar-refractivity contribution in [3.63, 3.8) is 0 Å². The number of hydrogen-bond acceptors (Lipinski definition) is 6. The molecule has 0 aromatic heterocycles. The van der Waals surface area contributed by atoms with Crippen LogP contribution in [-0.4, -0.2) is 31.6 Å². The van der Waals surface area contributed by atoms with Gasteiger partial charge in [-0.25, -0.2) is 9.68 Å². The van der Waals surface area contributed by atoms with Crippen LogP contribution in [0.1, 0.15) is 13.8 Å². The summed E-state index contributed by atoms with van der Waals surface area (Å²) < 4.78 is 0. The number of fused-ring (bicyclic) bond motifs is 6. The van der Waals surface area contributed by atoms with Crippen molar-refractivity contribution in [1.29, 1.82) is 0 Å². The summed E-state index contributed by atoms with van der Waals surface area (Å²) in [7, 11) is 3.90. The molecule has 2 bridgehead atoms. The third kappa shape index (κ3) is 3.15. The maximum Gasteiger partial charge on any atom is 0.401 e. The summed E-state index contributed by atoms with van der Waals surface area (Å²) in [4.78, 5) is 38.3. The van der Waals surface area contributed by atoms with Gasteiger partial charge in [0.25, 0.3) is 0 Å². The maximum absolute atomic E-state index is 12.8. The Morgan fingerprint density at radius 2 is 1.54 bits per heavy atom. The van der Waals surface area contributed by atoms with Gasteiger partial charge in [-0.3, -0.25) is 9.68 Å². The highest BCUT2D eigenvalue weighted by atomic mass is 17.2. The molecule has 2 aromatic carbocycles. The number of carbonyl (C=O) groups excluding carboxylic acids is 2. The number of carbonyl (C=O) groups is 2. The third-order valence-corrected chi connectivity index (χ3v) is 4.20. The summed E-state index contributed by atoms with van der Waals surface area (Å²) in [6.45, 7) is 2.93. The summed E-state index contributed by atoms with van der Waals surface area (Å²) in [5.41, 5.74) is 0.957. The summed E-state index contributed by atoms with van der Waals surface area (Å²) in [6, 6.07) is 14.6. The number of anilines is 3. The van der Waals surface area contributed by atoms with Crippen LogP contribution < -0.4 is 20.0 Å². The van der Waals surface area contributed by atoms with E-state index >= 15 is 0 Å². The minimum atomic E-state index is -1.49. The van der Waals surface area contributed by atoms with Crippen molar-refractivity contribution in [2.45, 2.75) is 19.5 Å². The fourth-order valence-corrected chi connectivity index (χ4v) is 2.92. The van der Waals surface area contributed by atoms with E-state index in [0.29, 0.717) is 11.4 Å². The second kappa shape index (κ2) is 6.59. The van der Waals surface area contributed by atoms with Crippen LogP contribution in [0.3, 0.4) is 0 Å². The van der Waals surface area contributed by atoms with Crippen LogP contribution >= 0.6 is 0 Å². The van der Waals surface area contributed by atoms with Crippen molar-refractivity contribution in [3.05, 3.63) is 48.5 Å². The summed E-state index contributed by atoms with van der Waals surface area (Å²) in [5, 5.41) is 2.70. The molecule has 2 aliphatic heterocycles. The Bertz CT molecular complexity index is 818. The van der Waals surface area contributed by atoms with Gasteiger partial charge < -0.3 is 15.1 Å². The predicted molar refractivity (Wildman–Crippen MR) is 98.3 cm³/mol. The molecule has 0 aliphatic carbocycles. The molecule has 1 amide bonds. The van der Waals surface area contributed by atoms with Crippen LogP contribution in [0.15, 0.2) is 48.5 Å². The topological polar surface area (TPSA) is 71.1 Å². The van der Waals surface area contributed by atoms with E-state index in [1.54, 1.807) is 36.1 Å². The molecule has 0 radical (unpaired) electrons. The highest BCUT2D eigenvalue weighted by Crippen LogP contribution is 2.36. The lowest BCUT2D eigenvalue weighted by atomic mass is 10.1. The predicted octanol–water partition coefficient (Wildman–Crippen LogP) is 2.59. The van der Waals surface area contributed by atoms with Crippen LogP contribution in [0.2, 0.25) is 0 Å². The van der Waals surface area contributed by atoms with E-state index in [-0.39, 0.29) is 5.91 Å². The van der Waals surface area contributed by atoms with Gasteiger partial charge >= 0.3 is 5.97 Å². The molecule has 0 saturated heterocycles. The van der Waals surface area contributed by atoms with Crippen molar-refractivity contribution in [3.8, 4) is 5.75 Å². The molecule has 7 heteroatoms. The molecule has 2 aromatic rings. The van der Waals surface area contributed by atoms with Gasteiger partial charge in [-0.05, 0) is 55.5 Å².